The SMILES string of the molecule is CCc1ncc(NC(=O)N2CCCC(C(=O)O)C2)cn1. The molecule has 7 nitrogen and oxygen atoms in total. The first-order chi connectivity index (χ1) is 9.60. The normalized spacial score (nSPS) is 18.6. The van der Waals surface area contributed by atoms with Gasteiger partial charge in [-0.25, -0.2) is 14.8 Å². The zero-order chi connectivity index (χ0) is 14.5. The number of piperidine rings is 1. The predicted molar refractivity (Wildman–Crippen MR) is 72.4 cm³/mol. The highest BCUT2D eigenvalue weighted by molar-refractivity contribution is 5.89. The van der Waals surface area contributed by atoms with Crippen LogP contribution in [0.1, 0.15) is 25.6 Å². The lowest BCUT2D eigenvalue weighted by Gasteiger charge is -2.30. The van der Waals surface area contributed by atoms with Crippen molar-refractivity contribution >= 4 is 17.7 Å². The smallest absolute Gasteiger partial charge is 0.321 e. The first-order valence-electron chi connectivity index (χ1n) is 6.69. The van der Waals surface area contributed by atoms with Crippen molar-refractivity contribution < 1.29 is 14.7 Å². The quantitative estimate of drug-likeness (QED) is 0.870. The van der Waals surface area contributed by atoms with Gasteiger partial charge in [-0.1, -0.05) is 6.92 Å². The molecule has 2 heterocycles. The molecule has 2 rings (SSSR count). The van der Waals surface area contributed by atoms with Crippen molar-refractivity contribution in [3.05, 3.63) is 18.2 Å². The van der Waals surface area contributed by atoms with Gasteiger partial charge in [-0.15, -0.1) is 0 Å². The highest BCUT2D eigenvalue weighted by Gasteiger charge is 2.28. The van der Waals surface area contributed by atoms with E-state index in [0.717, 1.165) is 6.42 Å². The van der Waals surface area contributed by atoms with E-state index in [-0.39, 0.29) is 12.6 Å². The summed E-state index contributed by atoms with van der Waals surface area (Å²) in [6.07, 6.45) is 5.18. The van der Waals surface area contributed by atoms with Gasteiger partial charge in [0, 0.05) is 19.5 Å². The Hall–Kier alpha value is -2.18. The number of carboxylic acids is 1. The Labute approximate surface area is 117 Å². The number of aryl methyl sites for hydroxylation is 1. The van der Waals surface area contributed by atoms with Gasteiger partial charge >= 0.3 is 12.0 Å². The van der Waals surface area contributed by atoms with Crippen molar-refractivity contribution in [1.29, 1.82) is 0 Å². The topological polar surface area (TPSA) is 95.4 Å². The molecule has 0 spiro atoms. The van der Waals surface area contributed by atoms with Crippen LogP contribution in [0.4, 0.5) is 10.5 Å². The summed E-state index contributed by atoms with van der Waals surface area (Å²) in [7, 11) is 0. The lowest BCUT2D eigenvalue weighted by Crippen LogP contribution is -2.44. The molecular weight excluding hydrogens is 260 g/mol. The predicted octanol–water partition coefficient (Wildman–Crippen LogP) is 1.37. The third-order valence-corrected chi connectivity index (χ3v) is 3.33. The standard InChI is InChI=1S/C13H18N4O3/c1-2-11-14-6-10(7-15-11)16-13(20)17-5-3-4-9(8-17)12(18)19/h6-7,9H,2-5,8H2,1H3,(H,16,20)(H,18,19). The van der Waals surface area contributed by atoms with Crippen LogP contribution in [0.2, 0.25) is 0 Å². The monoisotopic (exact) mass is 278 g/mol. The fraction of sp³-hybridized carbons (Fsp3) is 0.538. The Morgan fingerprint density at radius 1 is 1.45 bits per heavy atom. The van der Waals surface area contributed by atoms with Crippen LogP contribution in [0.25, 0.3) is 0 Å². The third kappa shape index (κ3) is 3.43. The lowest BCUT2D eigenvalue weighted by molar-refractivity contribution is -0.143. The van der Waals surface area contributed by atoms with Crippen LogP contribution in [-0.2, 0) is 11.2 Å². The summed E-state index contributed by atoms with van der Waals surface area (Å²) in [6, 6.07) is -0.302. The molecule has 1 unspecified atom stereocenters. The van der Waals surface area contributed by atoms with E-state index < -0.39 is 11.9 Å². The van der Waals surface area contributed by atoms with Crippen LogP contribution in [0.15, 0.2) is 12.4 Å². The zero-order valence-electron chi connectivity index (χ0n) is 11.4. The number of carboxylic acid groups (broad SMARTS) is 1. The number of carbonyl (C=O) groups is 2. The molecule has 0 aromatic carbocycles. The second kappa shape index (κ2) is 6.31. The molecule has 1 fully saturated rings. The van der Waals surface area contributed by atoms with E-state index in [9.17, 15) is 9.59 Å². The van der Waals surface area contributed by atoms with Crippen LogP contribution >= 0.6 is 0 Å². The number of urea groups is 1. The second-order valence-electron chi connectivity index (χ2n) is 4.80. The van der Waals surface area contributed by atoms with Crippen LogP contribution in [-0.4, -0.2) is 45.1 Å². The number of amides is 2. The fourth-order valence-electron chi connectivity index (χ4n) is 2.17. The summed E-state index contributed by atoms with van der Waals surface area (Å²) in [4.78, 5) is 32.8. The van der Waals surface area contributed by atoms with E-state index in [1.807, 2.05) is 6.92 Å². The summed E-state index contributed by atoms with van der Waals surface area (Å²) in [5, 5.41) is 11.7. The van der Waals surface area contributed by atoms with E-state index in [0.29, 0.717) is 30.9 Å². The average Bonchev–Trinajstić information content (AvgIpc) is 2.48. The number of carbonyl (C=O) groups excluding carboxylic acids is 1. The highest BCUT2D eigenvalue weighted by Crippen LogP contribution is 2.17. The molecule has 20 heavy (non-hydrogen) atoms. The lowest BCUT2D eigenvalue weighted by atomic mass is 9.99. The van der Waals surface area contributed by atoms with Crippen molar-refractivity contribution in [2.75, 3.05) is 18.4 Å². The van der Waals surface area contributed by atoms with Crippen molar-refractivity contribution in [3.63, 3.8) is 0 Å². The molecule has 0 aliphatic carbocycles. The average molecular weight is 278 g/mol. The molecule has 1 atom stereocenters. The second-order valence-corrected chi connectivity index (χ2v) is 4.80. The number of likely N-dealkylation sites (tertiary alicyclic amines) is 1. The Morgan fingerprint density at radius 2 is 2.15 bits per heavy atom. The molecule has 2 N–H and O–H groups in total. The van der Waals surface area contributed by atoms with Crippen molar-refractivity contribution in [3.8, 4) is 0 Å². The van der Waals surface area contributed by atoms with Gasteiger partial charge in [0.1, 0.15) is 5.82 Å². The Morgan fingerprint density at radius 3 is 2.75 bits per heavy atom. The van der Waals surface area contributed by atoms with Crippen LogP contribution in [0, 0.1) is 5.92 Å². The number of nitrogens with zero attached hydrogens (tertiary/aromatic N) is 3. The molecule has 1 aromatic rings. The van der Waals surface area contributed by atoms with E-state index >= 15 is 0 Å². The highest BCUT2D eigenvalue weighted by atomic mass is 16.4. The van der Waals surface area contributed by atoms with Crippen molar-refractivity contribution in [2.24, 2.45) is 5.92 Å². The Bertz CT molecular complexity index is 489. The molecule has 7 heteroatoms. The van der Waals surface area contributed by atoms with Gasteiger partial charge in [-0.05, 0) is 12.8 Å². The number of anilines is 1. The molecule has 0 saturated carbocycles. The maximum atomic E-state index is 12.1. The minimum absolute atomic E-state index is 0.245. The summed E-state index contributed by atoms with van der Waals surface area (Å²) in [5.41, 5.74) is 0.518. The summed E-state index contributed by atoms with van der Waals surface area (Å²) in [5.74, 6) is -0.613. The van der Waals surface area contributed by atoms with Crippen LogP contribution in [0.5, 0.6) is 0 Å². The molecule has 0 radical (unpaired) electrons. The first kappa shape index (κ1) is 14.2. The molecule has 1 aromatic heterocycles. The van der Waals surface area contributed by atoms with Crippen LogP contribution in [0.3, 0.4) is 0 Å². The number of hydrogen-bond acceptors (Lipinski definition) is 4. The van der Waals surface area contributed by atoms with Gasteiger partial charge in [0.05, 0.1) is 24.0 Å². The maximum absolute atomic E-state index is 12.1. The molecule has 2 amide bonds. The van der Waals surface area contributed by atoms with E-state index in [1.165, 1.54) is 4.90 Å². The zero-order valence-corrected chi connectivity index (χ0v) is 11.4. The van der Waals surface area contributed by atoms with Crippen molar-refractivity contribution in [2.45, 2.75) is 26.2 Å². The summed E-state index contributed by atoms with van der Waals surface area (Å²) >= 11 is 0. The first-order valence-corrected chi connectivity index (χ1v) is 6.69. The third-order valence-electron chi connectivity index (χ3n) is 3.33. The number of nitrogens with one attached hydrogen (secondary N) is 1. The number of aliphatic carboxylic acids is 1. The maximum Gasteiger partial charge on any atom is 0.321 e. The van der Waals surface area contributed by atoms with Gasteiger partial charge in [-0.3, -0.25) is 4.79 Å². The minimum atomic E-state index is -0.849. The number of aromatic nitrogens is 2. The largest absolute Gasteiger partial charge is 0.481 e. The van der Waals surface area contributed by atoms with Gasteiger partial charge in [0.25, 0.3) is 0 Å². The summed E-state index contributed by atoms with van der Waals surface area (Å²) in [6.45, 7) is 2.77. The molecule has 1 aliphatic rings. The molecule has 1 aliphatic heterocycles. The number of hydrogen-bond donors (Lipinski definition) is 2. The van der Waals surface area contributed by atoms with Gasteiger partial charge in [-0.2, -0.15) is 0 Å². The van der Waals surface area contributed by atoms with E-state index in [4.69, 9.17) is 5.11 Å². The minimum Gasteiger partial charge on any atom is -0.481 e. The fourth-order valence-corrected chi connectivity index (χ4v) is 2.17. The molecule has 0 bridgehead atoms. The van der Waals surface area contributed by atoms with E-state index in [2.05, 4.69) is 15.3 Å². The van der Waals surface area contributed by atoms with Crippen LogP contribution < -0.4 is 5.32 Å². The Kier molecular flexibility index (Phi) is 4.49. The Balaban J connectivity index is 1.95. The molecule has 108 valence electrons. The van der Waals surface area contributed by atoms with Gasteiger partial charge < -0.3 is 15.3 Å². The molecule has 1 saturated heterocycles. The van der Waals surface area contributed by atoms with Gasteiger partial charge in [0.15, 0.2) is 0 Å². The van der Waals surface area contributed by atoms with E-state index in [1.54, 1.807) is 12.4 Å². The van der Waals surface area contributed by atoms with Crippen molar-refractivity contribution in [1.82, 2.24) is 14.9 Å². The summed E-state index contributed by atoms with van der Waals surface area (Å²) < 4.78 is 0. The van der Waals surface area contributed by atoms with Gasteiger partial charge in [0.2, 0.25) is 0 Å². The number of rotatable bonds is 3. The molecular formula is C13H18N4O3.